The lowest BCUT2D eigenvalue weighted by atomic mass is 10.1. The van der Waals surface area contributed by atoms with Crippen molar-refractivity contribution in [1.29, 1.82) is 0 Å². The molecule has 2 aromatic carbocycles. The van der Waals surface area contributed by atoms with Crippen LogP contribution in [0.1, 0.15) is 21.5 Å². The maximum absolute atomic E-state index is 13.1. The second kappa shape index (κ2) is 6.61. The van der Waals surface area contributed by atoms with Crippen LogP contribution in [0.4, 0.5) is 0 Å². The predicted octanol–water partition coefficient (Wildman–Crippen LogP) is 4.89. The van der Waals surface area contributed by atoms with Crippen molar-refractivity contribution in [2.24, 2.45) is 0 Å². The molecule has 134 valence electrons. The summed E-state index contributed by atoms with van der Waals surface area (Å²) in [6.45, 7) is 3.75. The minimum Gasteiger partial charge on any atom is -0.461 e. The summed E-state index contributed by atoms with van der Waals surface area (Å²) in [7, 11) is 0. The van der Waals surface area contributed by atoms with E-state index in [-0.39, 0.29) is 11.5 Å². The summed E-state index contributed by atoms with van der Waals surface area (Å²) in [5, 5.41) is 0.345. The van der Waals surface area contributed by atoms with Crippen molar-refractivity contribution in [2.45, 2.75) is 13.8 Å². The number of benzene rings is 2. The number of rotatable bonds is 3. The summed E-state index contributed by atoms with van der Waals surface area (Å²) in [6.07, 6.45) is 1.46. The molecule has 0 N–H and O–H groups in total. The third-order valence-electron chi connectivity index (χ3n) is 4.20. The van der Waals surface area contributed by atoms with Crippen molar-refractivity contribution >= 4 is 16.9 Å². The van der Waals surface area contributed by atoms with Gasteiger partial charge in [0.05, 0.1) is 17.2 Å². The van der Waals surface area contributed by atoms with Crippen LogP contribution in [0, 0.1) is 13.8 Å². The molecule has 0 amide bonds. The Morgan fingerprint density at radius 1 is 0.963 bits per heavy atom. The molecule has 5 nitrogen and oxygen atoms in total. The van der Waals surface area contributed by atoms with Crippen LogP contribution in [-0.2, 0) is 0 Å². The molecule has 0 saturated carbocycles. The highest BCUT2D eigenvalue weighted by Crippen LogP contribution is 2.32. The van der Waals surface area contributed by atoms with Gasteiger partial charge in [0.2, 0.25) is 16.9 Å². The van der Waals surface area contributed by atoms with Gasteiger partial charge in [0.1, 0.15) is 5.58 Å². The number of hydrogen-bond acceptors (Lipinski definition) is 5. The molecule has 0 aliphatic carbocycles. The van der Waals surface area contributed by atoms with E-state index in [1.165, 1.54) is 6.26 Å². The Labute approximate surface area is 154 Å². The van der Waals surface area contributed by atoms with Crippen molar-refractivity contribution < 1.29 is 18.4 Å². The molecule has 0 radical (unpaired) electrons. The summed E-state index contributed by atoms with van der Waals surface area (Å²) < 4.78 is 16.7. The van der Waals surface area contributed by atoms with E-state index in [1.807, 2.05) is 26.0 Å². The first-order chi connectivity index (χ1) is 13.0. The third-order valence-corrected chi connectivity index (χ3v) is 4.20. The van der Waals surface area contributed by atoms with Crippen LogP contribution >= 0.6 is 0 Å². The minimum atomic E-state index is -0.634. The lowest BCUT2D eigenvalue weighted by molar-refractivity contribution is 0.0731. The van der Waals surface area contributed by atoms with Gasteiger partial charge in [-0.1, -0.05) is 29.3 Å². The lowest BCUT2D eigenvalue weighted by Crippen LogP contribution is -2.16. The number of esters is 1. The van der Waals surface area contributed by atoms with E-state index in [4.69, 9.17) is 13.6 Å². The highest BCUT2D eigenvalue weighted by Gasteiger charge is 2.23. The van der Waals surface area contributed by atoms with E-state index in [2.05, 4.69) is 0 Å². The van der Waals surface area contributed by atoms with Gasteiger partial charge in [-0.25, -0.2) is 4.79 Å². The summed E-state index contributed by atoms with van der Waals surface area (Å²) in [4.78, 5) is 25.7. The van der Waals surface area contributed by atoms with Gasteiger partial charge in [-0.3, -0.25) is 4.79 Å². The number of carbonyl (C=O) groups excluding carboxylic acids is 1. The molecule has 0 fully saturated rings. The summed E-state index contributed by atoms with van der Waals surface area (Å²) in [5.74, 6) is -0.427. The fourth-order valence-corrected chi connectivity index (χ4v) is 2.88. The molecular weight excluding hydrogens is 344 g/mol. The predicted molar refractivity (Wildman–Crippen MR) is 101 cm³/mol. The van der Waals surface area contributed by atoms with E-state index in [1.54, 1.807) is 42.5 Å². The van der Waals surface area contributed by atoms with Gasteiger partial charge in [-0.05, 0) is 50.2 Å². The van der Waals surface area contributed by atoms with Gasteiger partial charge >= 0.3 is 5.97 Å². The van der Waals surface area contributed by atoms with Crippen LogP contribution in [0.15, 0.2) is 74.5 Å². The summed E-state index contributed by atoms with van der Waals surface area (Å²) in [6, 6.07) is 15.5. The van der Waals surface area contributed by atoms with Crippen molar-refractivity contribution in [1.82, 2.24) is 0 Å². The van der Waals surface area contributed by atoms with Crippen LogP contribution in [-0.4, -0.2) is 5.97 Å². The molecule has 4 aromatic rings. The fraction of sp³-hybridized carbons (Fsp3) is 0.0909. The highest BCUT2D eigenvalue weighted by molar-refractivity contribution is 5.93. The van der Waals surface area contributed by atoms with E-state index in [9.17, 15) is 9.59 Å². The average Bonchev–Trinajstić information content (AvgIpc) is 3.18. The standard InChI is InChI=1S/C22H16O5/c1-13-5-3-6-15(11-13)22(24)27-21-19(23)16-12-14(2)8-9-17(16)26-20(21)18-7-4-10-25-18/h3-12H,1-2H3. The smallest absolute Gasteiger partial charge is 0.343 e. The first-order valence-electron chi connectivity index (χ1n) is 8.43. The van der Waals surface area contributed by atoms with Gasteiger partial charge in [-0.15, -0.1) is 0 Å². The van der Waals surface area contributed by atoms with E-state index >= 15 is 0 Å². The molecule has 0 aliphatic heterocycles. The fourth-order valence-electron chi connectivity index (χ4n) is 2.88. The first kappa shape index (κ1) is 16.8. The number of fused-ring (bicyclic) bond motifs is 1. The Bertz CT molecular complexity index is 1200. The average molecular weight is 360 g/mol. The molecule has 27 heavy (non-hydrogen) atoms. The van der Waals surface area contributed by atoms with Crippen molar-refractivity contribution in [3.8, 4) is 17.3 Å². The second-order valence-corrected chi connectivity index (χ2v) is 6.33. The van der Waals surface area contributed by atoms with E-state index in [0.29, 0.717) is 22.3 Å². The van der Waals surface area contributed by atoms with Gasteiger partial charge in [0.25, 0.3) is 0 Å². The van der Waals surface area contributed by atoms with Gasteiger partial charge in [-0.2, -0.15) is 0 Å². The molecule has 4 rings (SSSR count). The number of furan rings is 1. The van der Waals surface area contributed by atoms with Crippen molar-refractivity contribution in [2.75, 3.05) is 0 Å². The SMILES string of the molecule is Cc1cccc(C(=O)Oc2c(-c3ccco3)oc3ccc(C)cc3c2=O)c1. The van der Waals surface area contributed by atoms with Crippen molar-refractivity contribution in [3.05, 3.63) is 87.8 Å². The first-order valence-corrected chi connectivity index (χ1v) is 8.43. The van der Waals surface area contributed by atoms with Gasteiger partial charge < -0.3 is 13.6 Å². The Kier molecular flexibility index (Phi) is 4.12. The molecule has 0 unspecified atom stereocenters. The Morgan fingerprint density at radius 2 is 1.78 bits per heavy atom. The highest BCUT2D eigenvalue weighted by atomic mass is 16.5. The zero-order valence-corrected chi connectivity index (χ0v) is 14.8. The Hall–Kier alpha value is -3.60. The molecule has 0 spiro atoms. The maximum atomic E-state index is 13.1. The normalized spacial score (nSPS) is 10.9. The number of hydrogen-bond donors (Lipinski definition) is 0. The van der Waals surface area contributed by atoms with Crippen LogP contribution in [0.2, 0.25) is 0 Å². The largest absolute Gasteiger partial charge is 0.461 e. The topological polar surface area (TPSA) is 69.7 Å². The Morgan fingerprint density at radius 3 is 2.52 bits per heavy atom. The summed E-state index contributed by atoms with van der Waals surface area (Å²) >= 11 is 0. The quantitative estimate of drug-likeness (QED) is 0.487. The van der Waals surface area contributed by atoms with Crippen LogP contribution < -0.4 is 10.2 Å². The summed E-state index contributed by atoms with van der Waals surface area (Å²) in [5.41, 5.74) is 2.14. The molecular formula is C22H16O5. The number of aryl methyl sites for hydroxylation is 2. The molecule has 0 atom stereocenters. The van der Waals surface area contributed by atoms with Gasteiger partial charge in [0.15, 0.2) is 5.76 Å². The Balaban J connectivity index is 1.89. The van der Waals surface area contributed by atoms with E-state index < -0.39 is 11.4 Å². The molecule has 0 bridgehead atoms. The van der Waals surface area contributed by atoms with Crippen LogP contribution in [0.3, 0.4) is 0 Å². The van der Waals surface area contributed by atoms with Gasteiger partial charge in [0, 0.05) is 0 Å². The zero-order chi connectivity index (χ0) is 19.0. The number of carbonyl (C=O) groups is 1. The van der Waals surface area contributed by atoms with E-state index in [0.717, 1.165) is 11.1 Å². The monoisotopic (exact) mass is 360 g/mol. The second-order valence-electron chi connectivity index (χ2n) is 6.33. The third kappa shape index (κ3) is 3.15. The number of ether oxygens (including phenoxy) is 1. The van der Waals surface area contributed by atoms with Crippen LogP contribution in [0.5, 0.6) is 5.75 Å². The zero-order valence-electron chi connectivity index (χ0n) is 14.8. The molecule has 2 aromatic heterocycles. The maximum Gasteiger partial charge on any atom is 0.343 e. The van der Waals surface area contributed by atoms with Crippen molar-refractivity contribution in [3.63, 3.8) is 0 Å². The molecule has 0 saturated heterocycles. The molecule has 2 heterocycles. The van der Waals surface area contributed by atoms with Crippen LogP contribution in [0.25, 0.3) is 22.5 Å². The molecule has 5 heteroatoms. The molecule has 0 aliphatic rings. The minimum absolute atomic E-state index is 0.0855. The lowest BCUT2D eigenvalue weighted by Gasteiger charge is -2.09.